The predicted molar refractivity (Wildman–Crippen MR) is 82.6 cm³/mol. The fourth-order valence-corrected chi connectivity index (χ4v) is 4.11. The lowest BCUT2D eigenvalue weighted by Crippen LogP contribution is -2.28. The van der Waals surface area contributed by atoms with Gasteiger partial charge in [-0.25, -0.2) is 18.4 Å². The van der Waals surface area contributed by atoms with E-state index in [0.717, 1.165) is 12.8 Å². The molecule has 0 bridgehead atoms. The normalized spacial score (nSPS) is 15.9. The Kier molecular flexibility index (Phi) is 4.23. The monoisotopic (exact) mass is 339 g/mol. The second-order valence-electron chi connectivity index (χ2n) is 4.81. The number of hydrogen-bond acceptors (Lipinski definition) is 6. The van der Waals surface area contributed by atoms with Crippen molar-refractivity contribution >= 4 is 33.3 Å². The van der Waals surface area contributed by atoms with Crippen LogP contribution in [0.2, 0.25) is 5.28 Å². The molecule has 0 amide bonds. The van der Waals surface area contributed by atoms with Crippen LogP contribution in [0.1, 0.15) is 12.8 Å². The zero-order chi connectivity index (χ0) is 15.6. The number of benzene rings is 1. The highest BCUT2D eigenvalue weighted by atomic mass is 35.5. The Morgan fingerprint density at radius 3 is 2.59 bits per heavy atom. The molecule has 116 valence electrons. The van der Waals surface area contributed by atoms with E-state index in [-0.39, 0.29) is 16.1 Å². The quantitative estimate of drug-likeness (QED) is 0.917. The minimum absolute atomic E-state index is 0.0392. The van der Waals surface area contributed by atoms with E-state index < -0.39 is 10.0 Å². The van der Waals surface area contributed by atoms with E-state index in [2.05, 4.69) is 20.3 Å². The van der Waals surface area contributed by atoms with Crippen molar-refractivity contribution in [2.45, 2.75) is 17.7 Å². The average Bonchev–Trinajstić information content (AvgIpc) is 3.03. The zero-order valence-electron chi connectivity index (χ0n) is 11.6. The van der Waals surface area contributed by atoms with Gasteiger partial charge in [-0.05, 0) is 36.6 Å². The Morgan fingerprint density at radius 2 is 1.86 bits per heavy atom. The van der Waals surface area contributed by atoms with Crippen LogP contribution in [-0.4, -0.2) is 40.8 Å². The van der Waals surface area contributed by atoms with E-state index in [0.29, 0.717) is 18.8 Å². The van der Waals surface area contributed by atoms with Gasteiger partial charge in [0.15, 0.2) is 0 Å². The number of hydrogen-bond donors (Lipinski definition) is 1. The van der Waals surface area contributed by atoms with Crippen molar-refractivity contribution in [3.8, 4) is 0 Å². The molecule has 0 spiro atoms. The topological polar surface area (TPSA) is 88.1 Å². The van der Waals surface area contributed by atoms with Crippen molar-refractivity contribution in [1.29, 1.82) is 0 Å². The molecule has 0 unspecified atom stereocenters. The first-order chi connectivity index (χ1) is 10.6. The summed E-state index contributed by atoms with van der Waals surface area (Å²) in [7, 11) is -3.53. The molecule has 1 N–H and O–H groups in total. The van der Waals surface area contributed by atoms with E-state index in [1.807, 2.05) is 0 Å². The standard InChI is InChI=1S/C13H14ClN5O2S/c14-12-15-9-16-13(18-12)17-10-5-1-2-6-11(10)22(20,21)19-7-3-4-8-19/h1-2,5-6,9H,3-4,7-8H2,(H,15,16,17,18). The van der Waals surface area contributed by atoms with Crippen molar-refractivity contribution in [3.63, 3.8) is 0 Å². The minimum Gasteiger partial charge on any atom is -0.323 e. The highest BCUT2D eigenvalue weighted by molar-refractivity contribution is 7.89. The second kappa shape index (κ2) is 6.15. The number of halogens is 1. The summed E-state index contributed by atoms with van der Waals surface area (Å²) in [5.41, 5.74) is 0.414. The van der Waals surface area contributed by atoms with E-state index >= 15 is 0 Å². The predicted octanol–water partition coefficient (Wildman–Crippen LogP) is 2.05. The molecule has 0 radical (unpaired) electrons. The van der Waals surface area contributed by atoms with Crippen LogP contribution >= 0.6 is 11.6 Å². The Bertz CT molecular complexity index is 778. The van der Waals surface area contributed by atoms with Crippen LogP contribution in [0.3, 0.4) is 0 Å². The lowest BCUT2D eigenvalue weighted by molar-refractivity contribution is 0.478. The Balaban J connectivity index is 1.96. The van der Waals surface area contributed by atoms with Gasteiger partial charge in [-0.2, -0.15) is 9.29 Å². The first-order valence-electron chi connectivity index (χ1n) is 6.78. The molecule has 1 aromatic heterocycles. The maximum atomic E-state index is 12.7. The molecule has 0 aliphatic carbocycles. The summed E-state index contributed by atoms with van der Waals surface area (Å²) >= 11 is 5.72. The molecular formula is C13H14ClN5O2S. The van der Waals surface area contributed by atoms with Gasteiger partial charge in [-0.1, -0.05) is 12.1 Å². The van der Waals surface area contributed by atoms with Gasteiger partial charge >= 0.3 is 0 Å². The molecule has 1 aromatic carbocycles. The molecule has 1 aliphatic heterocycles. The Morgan fingerprint density at radius 1 is 1.14 bits per heavy atom. The lowest BCUT2D eigenvalue weighted by atomic mass is 10.3. The zero-order valence-corrected chi connectivity index (χ0v) is 13.2. The molecule has 3 rings (SSSR count). The fraction of sp³-hybridized carbons (Fsp3) is 0.308. The minimum atomic E-state index is -3.53. The third-order valence-electron chi connectivity index (χ3n) is 3.36. The van der Waals surface area contributed by atoms with E-state index in [4.69, 9.17) is 11.6 Å². The van der Waals surface area contributed by atoms with Gasteiger partial charge in [-0.15, -0.1) is 0 Å². The van der Waals surface area contributed by atoms with Crippen LogP contribution in [0.5, 0.6) is 0 Å². The van der Waals surface area contributed by atoms with Crippen LogP contribution in [-0.2, 0) is 10.0 Å². The third-order valence-corrected chi connectivity index (χ3v) is 5.50. The molecule has 2 aromatic rings. The van der Waals surface area contributed by atoms with Crippen LogP contribution in [0.25, 0.3) is 0 Å². The molecular weight excluding hydrogens is 326 g/mol. The molecule has 0 atom stereocenters. The summed E-state index contributed by atoms with van der Waals surface area (Å²) in [4.78, 5) is 11.7. The molecule has 7 nitrogen and oxygen atoms in total. The van der Waals surface area contributed by atoms with Gasteiger partial charge in [0, 0.05) is 13.1 Å². The van der Waals surface area contributed by atoms with E-state index in [9.17, 15) is 8.42 Å². The van der Waals surface area contributed by atoms with Crippen molar-refractivity contribution < 1.29 is 8.42 Å². The van der Waals surface area contributed by atoms with E-state index in [1.165, 1.54) is 10.6 Å². The second-order valence-corrected chi connectivity index (χ2v) is 7.05. The summed E-state index contributed by atoms with van der Waals surface area (Å²) < 4.78 is 26.9. The number of anilines is 2. The van der Waals surface area contributed by atoms with Crippen molar-refractivity contribution in [1.82, 2.24) is 19.3 Å². The molecule has 2 heterocycles. The van der Waals surface area contributed by atoms with E-state index in [1.54, 1.807) is 24.3 Å². The SMILES string of the molecule is O=S(=O)(c1ccccc1Nc1ncnc(Cl)n1)N1CCCC1. The van der Waals surface area contributed by atoms with Crippen molar-refractivity contribution in [2.24, 2.45) is 0 Å². The number of para-hydroxylation sites is 1. The number of nitrogens with one attached hydrogen (secondary N) is 1. The number of aromatic nitrogens is 3. The van der Waals surface area contributed by atoms with Gasteiger partial charge in [0.1, 0.15) is 11.2 Å². The molecule has 1 saturated heterocycles. The van der Waals surface area contributed by atoms with Crippen molar-refractivity contribution in [2.75, 3.05) is 18.4 Å². The first kappa shape index (κ1) is 15.1. The molecule has 1 aliphatic rings. The molecule has 22 heavy (non-hydrogen) atoms. The van der Waals surface area contributed by atoms with Gasteiger partial charge in [0.25, 0.3) is 0 Å². The highest BCUT2D eigenvalue weighted by Gasteiger charge is 2.29. The van der Waals surface area contributed by atoms with Gasteiger partial charge in [0.05, 0.1) is 5.69 Å². The summed E-state index contributed by atoms with van der Waals surface area (Å²) in [6.45, 7) is 1.10. The van der Waals surface area contributed by atoms with Gasteiger partial charge in [0.2, 0.25) is 21.3 Å². The fourth-order valence-electron chi connectivity index (χ4n) is 2.32. The van der Waals surface area contributed by atoms with Gasteiger partial charge in [-0.3, -0.25) is 0 Å². The smallest absolute Gasteiger partial charge is 0.245 e. The molecule has 9 heteroatoms. The van der Waals surface area contributed by atoms with Crippen LogP contribution < -0.4 is 5.32 Å². The summed E-state index contributed by atoms with van der Waals surface area (Å²) in [6, 6.07) is 6.67. The number of nitrogens with zero attached hydrogens (tertiary/aromatic N) is 4. The highest BCUT2D eigenvalue weighted by Crippen LogP contribution is 2.28. The third kappa shape index (κ3) is 3.03. The summed E-state index contributed by atoms with van der Waals surface area (Å²) in [6.07, 6.45) is 3.03. The number of sulfonamides is 1. The Hall–Kier alpha value is -1.77. The summed E-state index contributed by atoms with van der Waals surface area (Å²) in [5.74, 6) is 0.198. The van der Waals surface area contributed by atoms with Crippen LogP contribution in [0, 0.1) is 0 Å². The summed E-state index contributed by atoms with van der Waals surface area (Å²) in [5, 5.41) is 2.93. The molecule has 1 fully saturated rings. The molecule has 0 saturated carbocycles. The maximum Gasteiger partial charge on any atom is 0.245 e. The maximum absolute atomic E-state index is 12.7. The number of rotatable bonds is 4. The van der Waals surface area contributed by atoms with Crippen LogP contribution in [0.4, 0.5) is 11.6 Å². The van der Waals surface area contributed by atoms with Gasteiger partial charge < -0.3 is 5.32 Å². The lowest BCUT2D eigenvalue weighted by Gasteiger charge is -2.18. The van der Waals surface area contributed by atoms with Crippen LogP contribution in [0.15, 0.2) is 35.5 Å². The Labute approximate surface area is 133 Å². The largest absolute Gasteiger partial charge is 0.323 e. The average molecular weight is 340 g/mol. The van der Waals surface area contributed by atoms with Crippen molar-refractivity contribution in [3.05, 3.63) is 35.9 Å². The first-order valence-corrected chi connectivity index (χ1v) is 8.60.